The molecule has 5 aromatic rings. The molecule has 1 N–H and O–H groups in total. The number of carbonyl (C=O) groups is 2. The molecule has 1 aliphatic rings. The molecular formula is C25H24N10O3. The van der Waals surface area contributed by atoms with Crippen LogP contribution >= 0.6 is 0 Å². The fourth-order valence-corrected chi connectivity index (χ4v) is 4.65. The molecule has 1 amide bonds. The molecule has 1 fully saturated rings. The third-order valence-electron chi connectivity index (χ3n) is 6.52. The number of aromatic amines is 1. The number of fused-ring (bicyclic) bond motifs is 1. The molecule has 1 aliphatic heterocycles. The number of Topliss-reactive ketones (excluding diaryl/α,β-unsaturated/α-hetero) is 1. The minimum absolute atomic E-state index is 0.220. The molecular weight excluding hydrogens is 488 g/mol. The maximum atomic E-state index is 13.4. The van der Waals surface area contributed by atoms with E-state index in [1.165, 1.54) is 30.5 Å². The molecule has 0 radical (unpaired) electrons. The largest absolute Gasteiger partial charge is 0.494 e. The zero-order chi connectivity index (χ0) is 26.2. The van der Waals surface area contributed by atoms with Crippen LogP contribution in [0.25, 0.3) is 22.5 Å². The van der Waals surface area contributed by atoms with Crippen LogP contribution in [0, 0.1) is 6.92 Å². The zero-order valence-corrected chi connectivity index (χ0v) is 20.8. The lowest BCUT2D eigenvalue weighted by Gasteiger charge is -2.35. The van der Waals surface area contributed by atoms with Crippen LogP contribution in [-0.2, 0) is 4.79 Å². The first-order valence-electron chi connectivity index (χ1n) is 12.0. The Kier molecular flexibility index (Phi) is 5.79. The fraction of sp³-hybridized carbons (Fsp3) is 0.240. The number of anilines is 1. The Bertz CT molecular complexity index is 1630. The van der Waals surface area contributed by atoms with Crippen LogP contribution in [-0.4, -0.2) is 89.4 Å². The van der Waals surface area contributed by atoms with Crippen molar-refractivity contribution in [2.24, 2.45) is 0 Å². The van der Waals surface area contributed by atoms with Crippen molar-refractivity contribution >= 4 is 28.4 Å². The standard InChI is InChI=1S/C25H24N10O3/c1-16-29-15-34(31-16)24-22-21(18(38-2)14-28-24)17(13-27-22)23(36)25(37)33-11-9-32(10-12-33)20-6-8-30-35(20)19-5-3-4-7-26-19/h3-8,13-15,27H,9-12H2,1-2H3. The van der Waals surface area contributed by atoms with Gasteiger partial charge in [0.05, 0.1) is 36.0 Å². The number of amides is 1. The zero-order valence-electron chi connectivity index (χ0n) is 20.8. The number of hydrogen-bond acceptors (Lipinski definition) is 9. The molecule has 1 saturated heterocycles. The second kappa shape index (κ2) is 9.42. The van der Waals surface area contributed by atoms with Crippen LogP contribution in [0.3, 0.4) is 0 Å². The lowest BCUT2D eigenvalue weighted by atomic mass is 10.1. The van der Waals surface area contributed by atoms with Gasteiger partial charge < -0.3 is 19.5 Å². The number of H-pyrrole nitrogens is 1. The molecule has 0 aliphatic carbocycles. The third kappa shape index (κ3) is 3.93. The van der Waals surface area contributed by atoms with Crippen molar-refractivity contribution in [1.82, 2.24) is 44.4 Å². The van der Waals surface area contributed by atoms with Gasteiger partial charge >= 0.3 is 0 Å². The highest BCUT2D eigenvalue weighted by molar-refractivity contribution is 6.45. The summed E-state index contributed by atoms with van der Waals surface area (Å²) >= 11 is 0. The first-order valence-corrected chi connectivity index (χ1v) is 12.0. The lowest BCUT2D eigenvalue weighted by molar-refractivity contribution is -0.126. The summed E-state index contributed by atoms with van der Waals surface area (Å²) in [5.41, 5.74) is 0.746. The average Bonchev–Trinajstić information content (AvgIpc) is 3.72. The van der Waals surface area contributed by atoms with E-state index in [4.69, 9.17) is 4.74 Å². The van der Waals surface area contributed by atoms with Gasteiger partial charge in [-0.1, -0.05) is 6.07 Å². The van der Waals surface area contributed by atoms with Crippen molar-refractivity contribution in [3.05, 3.63) is 66.8 Å². The van der Waals surface area contributed by atoms with Crippen molar-refractivity contribution in [3.63, 3.8) is 0 Å². The van der Waals surface area contributed by atoms with Gasteiger partial charge in [0, 0.05) is 44.6 Å². The van der Waals surface area contributed by atoms with Crippen LogP contribution in [0.4, 0.5) is 5.82 Å². The number of methoxy groups -OCH3 is 1. The molecule has 5 aromatic heterocycles. The number of nitrogens with one attached hydrogen (secondary N) is 1. The summed E-state index contributed by atoms with van der Waals surface area (Å²) < 4.78 is 8.76. The second-order valence-electron chi connectivity index (χ2n) is 8.74. The fourth-order valence-electron chi connectivity index (χ4n) is 4.65. The molecule has 13 heteroatoms. The number of ether oxygens (including phenoxy) is 1. The van der Waals surface area contributed by atoms with E-state index in [2.05, 4.69) is 35.0 Å². The maximum Gasteiger partial charge on any atom is 0.295 e. The van der Waals surface area contributed by atoms with E-state index in [0.29, 0.717) is 60.3 Å². The van der Waals surface area contributed by atoms with Crippen LogP contribution in [0.2, 0.25) is 0 Å². The van der Waals surface area contributed by atoms with E-state index in [1.807, 2.05) is 24.3 Å². The smallest absolute Gasteiger partial charge is 0.295 e. The number of carbonyl (C=O) groups excluding carboxylic acids is 2. The van der Waals surface area contributed by atoms with Gasteiger partial charge in [0.1, 0.15) is 23.7 Å². The van der Waals surface area contributed by atoms with E-state index < -0.39 is 11.7 Å². The van der Waals surface area contributed by atoms with Gasteiger partial charge in [-0.3, -0.25) is 9.59 Å². The summed E-state index contributed by atoms with van der Waals surface area (Å²) in [7, 11) is 1.49. The Labute approximate surface area is 216 Å². The predicted molar refractivity (Wildman–Crippen MR) is 137 cm³/mol. The van der Waals surface area contributed by atoms with E-state index >= 15 is 0 Å². The van der Waals surface area contributed by atoms with Crippen molar-refractivity contribution in [1.29, 1.82) is 0 Å². The number of aromatic nitrogens is 8. The number of piperazine rings is 1. The van der Waals surface area contributed by atoms with Crippen molar-refractivity contribution in [3.8, 4) is 17.4 Å². The normalized spacial score (nSPS) is 13.7. The van der Waals surface area contributed by atoms with E-state index in [-0.39, 0.29) is 5.56 Å². The minimum Gasteiger partial charge on any atom is -0.494 e. The molecule has 0 aromatic carbocycles. The van der Waals surface area contributed by atoms with Gasteiger partial charge in [0.25, 0.3) is 11.7 Å². The summed E-state index contributed by atoms with van der Waals surface area (Å²) in [5.74, 6) is 1.82. The first-order chi connectivity index (χ1) is 18.5. The SMILES string of the molecule is COc1cnc(-n2cnc(C)n2)c2[nH]cc(C(=O)C(=O)N3CCN(c4ccnn4-c4ccccn4)CC3)c12. The average molecular weight is 513 g/mol. The van der Waals surface area contributed by atoms with Gasteiger partial charge in [0.2, 0.25) is 0 Å². The quantitative estimate of drug-likeness (QED) is 0.265. The van der Waals surface area contributed by atoms with E-state index in [1.54, 1.807) is 28.9 Å². The molecule has 6 heterocycles. The Morgan fingerprint density at radius 2 is 1.87 bits per heavy atom. The Hall–Kier alpha value is -5.07. The van der Waals surface area contributed by atoms with E-state index in [9.17, 15) is 9.59 Å². The summed E-state index contributed by atoms with van der Waals surface area (Å²) in [6.07, 6.45) is 8.00. The highest BCUT2D eigenvalue weighted by Gasteiger charge is 2.31. The summed E-state index contributed by atoms with van der Waals surface area (Å²) in [6, 6.07) is 7.55. The van der Waals surface area contributed by atoms with Crippen LogP contribution in [0.1, 0.15) is 16.2 Å². The van der Waals surface area contributed by atoms with Crippen molar-refractivity contribution < 1.29 is 14.3 Å². The highest BCUT2D eigenvalue weighted by atomic mass is 16.5. The number of aryl methyl sites for hydroxylation is 1. The number of hydrogen-bond donors (Lipinski definition) is 1. The number of ketones is 1. The molecule has 13 nitrogen and oxygen atoms in total. The van der Waals surface area contributed by atoms with Gasteiger partial charge in [0.15, 0.2) is 11.6 Å². The molecule has 192 valence electrons. The summed E-state index contributed by atoms with van der Waals surface area (Å²) in [6.45, 7) is 3.65. The summed E-state index contributed by atoms with van der Waals surface area (Å²) in [5, 5.41) is 9.18. The van der Waals surface area contributed by atoms with Gasteiger partial charge in [-0.2, -0.15) is 14.9 Å². The van der Waals surface area contributed by atoms with Gasteiger partial charge in [-0.15, -0.1) is 0 Å². The number of nitrogens with zero attached hydrogens (tertiary/aromatic N) is 9. The second-order valence-corrected chi connectivity index (χ2v) is 8.74. The molecule has 0 spiro atoms. The Morgan fingerprint density at radius 1 is 1.03 bits per heavy atom. The molecule has 0 unspecified atom stereocenters. The molecule has 0 saturated carbocycles. The van der Waals surface area contributed by atoms with Gasteiger partial charge in [-0.25, -0.2) is 19.6 Å². The van der Waals surface area contributed by atoms with Crippen molar-refractivity contribution in [2.75, 3.05) is 38.2 Å². The molecule has 0 atom stereocenters. The predicted octanol–water partition coefficient (Wildman–Crippen LogP) is 1.57. The molecule has 38 heavy (non-hydrogen) atoms. The first kappa shape index (κ1) is 23.3. The van der Waals surface area contributed by atoms with Crippen LogP contribution in [0.5, 0.6) is 5.75 Å². The van der Waals surface area contributed by atoms with Crippen LogP contribution in [0.15, 0.2) is 55.4 Å². The maximum absolute atomic E-state index is 13.4. The molecule has 6 rings (SSSR count). The monoisotopic (exact) mass is 512 g/mol. The highest BCUT2D eigenvalue weighted by Crippen LogP contribution is 2.32. The van der Waals surface area contributed by atoms with Gasteiger partial charge in [-0.05, 0) is 19.1 Å². The van der Waals surface area contributed by atoms with Crippen molar-refractivity contribution in [2.45, 2.75) is 6.92 Å². The van der Waals surface area contributed by atoms with Crippen LogP contribution < -0.4 is 9.64 Å². The number of rotatable bonds is 6. The number of pyridine rings is 2. The Morgan fingerprint density at radius 3 is 2.58 bits per heavy atom. The topological polar surface area (TPSA) is 140 Å². The minimum atomic E-state index is -0.617. The van der Waals surface area contributed by atoms with E-state index in [0.717, 1.165) is 5.82 Å². The lowest BCUT2D eigenvalue weighted by Crippen LogP contribution is -2.51. The Balaban J connectivity index is 1.22. The third-order valence-corrected chi connectivity index (χ3v) is 6.52. The molecule has 0 bridgehead atoms. The summed E-state index contributed by atoms with van der Waals surface area (Å²) in [4.78, 5) is 46.5.